The zero-order valence-corrected chi connectivity index (χ0v) is 10.7. The molecule has 0 aliphatic heterocycles. The van der Waals surface area contributed by atoms with Gasteiger partial charge in [-0.1, -0.05) is 18.2 Å². The Hall–Kier alpha value is -1.35. The van der Waals surface area contributed by atoms with Gasteiger partial charge in [0.1, 0.15) is 0 Å². The summed E-state index contributed by atoms with van der Waals surface area (Å²) in [4.78, 5) is 11.8. The van der Waals surface area contributed by atoms with Gasteiger partial charge in [-0.3, -0.25) is 4.79 Å². The zero-order valence-electron chi connectivity index (χ0n) is 10.7. The highest BCUT2D eigenvalue weighted by atomic mass is 16.3. The minimum atomic E-state index is -0.675. The van der Waals surface area contributed by atoms with E-state index in [1.165, 1.54) is 0 Å². The molecular formula is C14H21NO2. The van der Waals surface area contributed by atoms with Gasteiger partial charge in [0, 0.05) is 11.6 Å². The summed E-state index contributed by atoms with van der Waals surface area (Å²) in [6.45, 7) is 5.50. The van der Waals surface area contributed by atoms with Crippen LogP contribution in [0, 0.1) is 0 Å². The smallest absolute Gasteiger partial charge is 0.251 e. The largest absolute Gasteiger partial charge is 0.390 e. The summed E-state index contributed by atoms with van der Waals surface area (Å²) >= 11 is 0. The highest BCUT2D eigenvalue weighted by Gasteiger charge is 2.15. The lowest BCUT2D eigenvalue weighted by Crippen LogP contribution is -2.34. The fourth-order valence-electron chi connectivity index (χ4n) is 1.54. The van der Waals surface area contributed by atoms with E-state index in [0.29, 0.717) is 12.0 Å². The van der Waals surface area contributed by atoms with Gasteiger partial charge in [0.25, 0.3) is 5.91 Å². The molecule has 3 nitrogen and oxygen atoms in total. The van der Waals surface area contributed by atoms with Gasteiger partial charge < -0.3 is 10.4 Å². The quantitative estimate of drug-likeness (QED) is 0.823. The molecule has 17 heavy (non-hydrogen) atoms. The lowest BCUT2D eigenvalue weighted by Gasteiger charge is -2.20. The molecule has 0 saturated heterocycles. The van der Waals surface area contributed by atoms with Crippen LogP contribution in [0.4, 0.5) is 0 Å². The van der Waals surface area contributed by atoms with Crippen molar-refractivity contribution >= 4 is 5.91 Å². The van der Waals surface area contributed by atoms with Crippen molar-refractivity contribution in [3.8, 4) is 0 Å². The van der Waals surface area contributed by atoms with Crippen LogP contribution < -0.4 is 5.32 Å². The third-order valence-corrected chi connectivity index (χ3v) is 2.60. The highest BCUT2D eigenvalue weighted by Crippen LogP contribution is 2.12. The van der Waals surface area contributed by atoms with Crippen molar-refractivity contribution in [2.75, 3.05) is 0 Å². The van der Waals surface area contributed by atoms with E-state index in [1.807, 2.05) is 25.1 Å². The molecule has 0 heterocycles. The van der Waals surface area contributed by atoms with Crippen LogP contribution in [0.2, 0.25) is 0 Å². The summed E-state index contributed by atoms with van der Waals surface area (Å²) in [5.74, 6) is -0.0613. The second-order valence-electron chi connectivity index (χ2n) is 5.09. The third kappa shape index (κ3) is 5.50. The molecule has 1 aromatic carbocycles. The monoisotopic (exact) mass is 235 g/mol. The van der Waals surface area contributed by atoms with Crippen molar-refractivity contribution in [3.63, 3.8) is 0 Å². The van der Waals surface area contributed by atoms with Gasteiger partial charge in [0.05, 0.1) is 5.60 Å². The first kappa shape index (κ1) is 13.7. The summed E-state index contributed by atoms with van der Waals surface area (Å²) in [6, 6.07) is 9.21. The summed E-state index contributed by atoms with van der Waals surface area (Å²) in [7, 11) is 0. The number of hydrogen-bond acceptors (Lipinski definition) is 2. The molecular weight excluding hydrogens is 214 g/mol. The van der Waals surface area contributed by atoms with Crippen molar-refractivity contribution in [3.05, 3.63) is 35.9 Å². The van der Waals surface area contributed by atoms with E-state index in [4.69, 9.17) is 0 Å². The summed E-state index contributed by atoms with van der Waals surface area (Å²) in [5, 5.41) is 12.5. The Bertz CT molecular complexity index is 354. The Morgan fingerprint density at radius 2 is 1.94 bits per heavy atom. The Morgan fingerprint density at radius 3 is 2.47 bits per heavy atom. The highest BCUT2D eigenvalue weighted by molar-refractivity contribution is 5.94. The molecule has 0 aliphatic carbocycles. The minimum absolute atomic E-state index is 0.0613. The molecule has 1 atom stereocenters. The average molecular weight is 235 g/mol. The first-order chi connectivity index (χ1) is 7.88. The van der Waals surface area contributed by atoms with Crippen LogP contribution in [-0.2, 0) is 0 Å². The first-order valence-corrected chi connectivity index (χ1v) is 5.97. The van der Waals surface area contributed by atoms with Crippen molar-refractivity contribution in [1.29, 1.82) is 0 Å². The summed E-state index contributed by atoms with van der Waals surface area (Å²) < 4.78 is 0. The maximum atomic E-state index is 11.8. The van der Waals surface area contributed by atoms with Crippen molar-refractivity contribution in [2.45, 2.75) is 45.3 Å². The number of hydrogen-bond donors (Lipinski definition) is 2. The van der Waals surface area contributed by atoms with Gasteiger partial charge >= 0.3 is 0 Å². The van der Waals surface area contributed by atoms with Gasteiger partial charge in [-0.15, -0.1) is 0 Å². The van der Waals surface area contributed by atoms with Crippen LogP contribution in [0.15, 0.2) is 30.3 Å². The number of carbonyl (C=O) groups excluding carboxylic acids is 1. The zero-order chi connectivity index (χ0) is 12.9. The molecule has 1 amide bonds. The molecule has 0 saturated carbocycles. The van der Waals surface area contributed by atoms with E-state index in [1.54, 1.807) is 26.0 Å². The van der Waals surface area contributed by atoms with Crippen LogP contribution in [0.3, 0.4) is 0 Å². The van der Waals surface area contributed by atoms with Crippen LogP contribution in [-0.4, -0.2) is 22.7 Å². The maximum Gasteiger partial charge on any atom is 0.251 e. The van der Waals surface area contributed by atoms with E-state index in [-0.39, 0.29) is 11.9 Å². The lowest BCUT2D eigenvalue weighted by atomic mass is 10.00. The van der Waals surface area contributed by atoms with E-state index >= 15 is 0 Å². The number of nitrogens with one attached hydrogen (secondary N) is 1. The molecule has 3 heteroatoms. The van der Waals surface area contributed by atoms with E-state index in [0.717, 1.165) is 6.42 Å². The van der Waals surface area contributed by atoms with Gasteiger partial charge in [0.15, 0.2) is 0 Å². The molecule has 0 fully saturated rings. The number of benzene rings is 1. The number of aliphatic hydroxyl groups is 1. The van der Waals surface area contributed by atoms with E-state index in [2.05, 4.69) is 5.32 Å². The van der Waals surface area contributed by atoms with Gasteiger partial charge in [-0.05, 0) is 45.7 Å². The maximum absolute atomic E-state index is 11.8. The molecule has 0 aliphatic rings. The molecule has 0 spiro atoms. The van der Waals surface area contributed by atoms with Crippen LogP contribution >= 0.6 is 0 Å². The average Bonchev–Trinajstić information content (AvgIpc) is 2.27. The fraction of sp³-hybridized carbons (Fsp3) is 0.500. The topological polar surface area (TPSA) is 49.3 Å². The molecule has 0 radical (unpaired) electrons. The lowest BCUT2D eigenvalue weighted by molar-refractivity contribution is 0.0647. The standard InChI is InChI=1S/C14H21NO2/c1-11(9-10-14(2,3)17)15-13(16)12-7-5-4-6-8-12/h4-8,11,17H,9-10H2,1-3H3,(H,15,16)/t11-/m0/s1. The minimum Gasteiger partial charge on any atom is -0.390 e. The predicted octanol–water partition coefficient (Wildman–Crippen LogP) is 2.36. The molecule has 2 N–H and O–H groups in total. The Labute approximate surface area is 103 Å². The van der Waals surface area contributed by atoms with Crippen molar-refractivity contribution in [2.24, 2.45) is 0 Å². The number of amides is 1. The Kier molecular flexibility index (Phi) is 4.70. The molecule has 1 aromatic rings. The number of rotatable bonds is 5. The molecule has 94 valence electrons. The Morgan fingerprint density at radius 1 is 1.35 bits per heavy atom. The first-order valence-electron chi connectivity index (χ1n) is 5.97. The van der Waals surface area contributed by atoms with Crippen LogP contribution in [0.1, 0.15) is 44.0 Å². The van der Waals surface area contributed by atoms with Gasteiger partial charge in [-0.25, -0.2) is 0 Å². The summed E-state index contributed by atoms with van der Waals surface area (Å²) in [6.07, 6.45) is 1.44. The molecule has 1 rings (SSSR count). The van der Waals surface area contributed by atoms with E-state index < -0.39 is 5.60 Å². The Balaban J connectivity index is 2.42. The fourth-order valence-corrected chi connectivity index (χ4v) is 1.54. The van der Waals surface area contributed by atoms with Crippen molar-refractivity contribution in [1.82, 2.24) is 5.32 Å². The molecule has 0 aromatic heterocycles. The van der Waals surface area contributed by atoms with Gasteiger partial charge in [-0.2, -0.15) is 0 Å². The van der Waals surface area contributed by atoms with Crippen LogP contribution in [0.5, 0.6) is 0 Å². The summed E-state index contributed by atoms with van der Waals surface area (Å²) in [5.41, 5.74) is -0.00578. The van der Waals surface area contributed by atoms with E-state index in [9.17, 15) is 9.90 Å². The second kappa shape index (κ2) is 5.82. The third-order valence-electron chi connectivity index (χ3n) is 2.60. The predicted molar refractivity (Wildman–Crippen MR) is 68.9 cm³/mol. The van der Waals surface area contributed by atoms with Gasteiger partial charge in [0.2, 0.25) is 0 Å². The second-order valence-corrected chi connectivity index (χ2v) is 5.09. The van der Waals surface area contributed by atoms with Crippen LogP contribution in [0.25, 0.3) is 0 Å². The number of carbonyl (C=O) groups is 1. The molecule has 0 bridgehead atoms. The normalized spacial score (nSPS) is 13.2. The van der Waals surface area contributed by atoms with Crippen molar-refractivity contribution < 1.29 is 9.90 Å². The molecule has 0 unspecified atom stereocenters. The SMILES string of the molecule is C[C@@H](CCC(C)(C)O)NC(=O)c1ccccc1.